The third-order valence-corrected chi connectivity index (χ3v) is 6.27. The highest BCUT2D eigenvalue weighted by atomic mass is 32.1. The summed E-state index contributed by atoms with van der Waals surface area (Å²) in [7, 11) is 0. The molecule has 1 saturated heterocycles. The molecule has 2 heterocycles. The molecule has 1 aromatic heterocycles. The second-order valence-corrected chi connectivity index (χ2v) is 8.89. The summed E-state index contributed by atoms with van der Waals surface area (Å²) in [4.78, 5) is 18.4. The van der Waals surface area contributed by atoms with Gasteiger partial charge in [0.25, 0.3) is 5.69 Å². The molecule has 1 aliphatic heterocycles. The lowest BCUT2D eigenvalue weighted by atomic mass is 10.1. The fourth-order valence-corrected chi connectivity index (χ4v) is 4.43. The number of anilines is 1. The van der Waals surface area contributed by atoms with Crippen molar-refractivity contribution in [2.75, 3.05) is 43.2 Å². The third kappa shape index (κ3) is 5.44. The number of thiazole rings is 1. The topological polar surface area (TPSA) is 84.9 Å². The first kappa shape index (κ1) is 23.5. The molecule has 1 aliphatic rings. The molecule has 0 spiro atoms. The van der Waals surface area contributed by atoms with E-state index >= 15 is 0 Å². The van der Waals surface area contributed by atoms with Crippen LogP contribution in [0.4, 0.5) is 11.4 Å². The van der Waals surface area contributed by atoms with Gasteiger partial charge in [-0.05, 0) is 36.8 Å². The molecule has 0 amide bonds. The van der Waals surface area contributed by atoms with Crippen molar-refractivity contribution in [3.05, 3.63) is 93.1 Å². The van der Waals surface area contributed by atoms with Gasteiger partial charge < -0.3 is 9.64 Å². The first-order chi connectivity index (χ1) is 16.4. The van der Waals surface area contributed by atoms with E-state index in [1.54, 1.807) is 12.1 Å². The molecule has 1 N–H and O–H groups in total. The van der Waals surface area contributed by atoms with Crippen molar-refractivity contribution in [1.29, 1.82) is 0 Å². The Hall–Kier alpha value is -3.69. The Labute approximate surface area is 202 Å². The minimum Gasteiger partial charge on any atom is -0.378 e. The number of ether oxygens (including phenoxy) is 1. The molecule has 0 bridgehead atoms. The van der Waals surface area contributed by atoms with Crippen molar-refractivity contribution in [1.82, 2.24) is 4.68 Å². The lowest BCUT2D eigenvalue weighted by Gasteiger charge is -2.29. The van der Waals surface area contributed by atoms with E-state index in [2.05, 4.69) is 40.6 Å². The van der Waals surface area contributed by atoms with E-state index in [-0.39, 0.29) is 5.69 Å². The number of nitrogens with one attached hydrogen (secondary N) is 1. The van der Waals surface area contributed by atoms with Crippen molar-refractivity contribution in [3.63, 3.8) is 0 Å². The lowest BCUT2D eigenvalue weighted by molar-refractivity contribution is -0.384. The Balaban J connectivity index is 1.62. The van der Waals surface area contributed by atoms with E-state index in [1.165, 1.54) is 23.5 Å². The van der Waals surface area contributed by atoms with Crippen molar-refractivity contribution in [2.24, 2.45) is 4.99 Å². The van der Waals surface area contributed by atoms with E-state index in [1.807, 2.05) is 29.1 Å². The number of nitro benzene ring substituents is 1. The summed E-state index contributed by atoms with van der Waals surface area (Å²) in [6, 6.07) is 14.8. The van der Waals surface area contributed by atoms with Crippen LogP contribution in [-0.4, -0.2) is 42.4 Å². The van der Waals surface area contributed by atoms with Gasteiger partial charge in [0.2, 0.25) is 4.80 Å². The quantitative estimate of drug-likeness (QED) is 0.290. The highest BCUT2D eigenvalue weighted by molar-refractivity contribution is 7.07. The standard InChI is InChI=1S/C25H27N5O3S/c1-18(2)16-26-25-29(24(17-34-25)21-6-10-23(11-7-21)30(31)32)27-19(3)20-4-8-22(9-5-20)28-12-14-33-15-13-28/h4-11,17,27H,1,3,12-16H2,2H3. The summed E-state index contributed by atoms with van der Waals surface area (Å²) in [5.74, 6) is 0. The fourth-order valence-electron chi connectivity index (χ4n) is 3.58. The largest absolute Gasteiger partial charge is 0.378 e. The number of rotatable bonds is 8. The van der Waals surface area contributed by atoms with Crippen LogP contribution >= 0.6 is 11.3 Å². The van der Waals surface area contributed by atoms with Crippen LogP contribution in [0, 0.1) is 10.1 Å². The number of nitrogens with zero attached hydrogens (tertiary/aromatic N) is 4. The maximum atomic E-state index is 11.0. The Morgan fingerprint density at radius 1 is 1.15 bits per heavy atom. The Morgan fingerprint density at radius 2 is 1.82 bits per heavy atom. The van der Waals surface area contributed by atoms with Gasteiger partial charge in [-0.15, -0.1) is 11.3 Å². The van der Waals surface area contributed by atoms with Crippen LogP contribution in [-0.2, 0) is 4.74 Å². The highest BCUT2D eigenvalue weighted by Gasteiger charge is 2.14. The zero-order chi connectivity index (χ0) is 24.1. The fraction of sp³-hybridized carbons (Fsp3) is 0.240. The maximum Gasteiger partial charge on any atom is 0.269 e. The van der Waals surface area contributed by atoms with Crippen LogP contribution in [0.15, 0.2) is 77.6 Å². The van der Waals surface area contributed by atoms with E-state index < -0.39 is 4.92 Å². The predicted molar refractivity (Wildman–Crippen MR) is 138 cm³/mol. The summed E-state index contributed by atoms with van der Waals surface area (Å²) >= 11 is 1.48. The second-order valence-electron chi connectivity index (χ2n) is 8.05. The van der Waals surface area contributed by atoms with Gasteiger partial charge in [-0.3, -0.25) is 20.5 Å². The van der Waals surface area contributed by atoms with Crippen LogP contribution in [0.2, 0.25) is 0 Å². The van der Waals surface area contributed by atoms with Crippen LogP contribution in [0.5, 0.6) is 0 Å². The van der Waals surface area contributed by atoms with Crippen molar-refractivity contribution >= 4 is 28.4 Å². The van der Waals surface area contributed by atoms with Crippen LogP contribution in [0.25, 0.3) is 17.0 Å². The molecule has 2 aromatic carbocycles. The minimum absolute atomic E-state index is 0.0513. The molecular formula is C25H27N5O3S. The second kappa shape index (κ2) is 10.5. The average molecular weight is 478 g/mol. The van der Waals surface area contributed by atoms with E-state index in [0.29, 0.717) is 12.2 Å². The van der Waals surface area contributed by atoms with Gasteiger partial charge in [0.15, 0.2) is 0 Å². The van der Waals surface area contributed by atoms with Gasteiger partial charge in [0, 0.05) is 41.9 Å². The average Bonchev–Trinajstić information content (AvgIpc) is 3.25. The summed E-state index contributed by atoms with van der Waals surface area (Å²) in [6.07, 6.45) is 0. The Morgan fingerprint density at radius 3 is 2.44 bits per heavy atom. The van der Waals surface area contributed by atoms with Gasteiger partial charge in [-0.2, -0.15) is 0 Å². The number of morpholine rings is 1. The Kier molecular flexibility index (Phi) is 7.24. The number of hydrogen-bond donors (Lipinski definition) is 1. The molecule has 0 radical (unpaired) electrons. The molecule has 3 aromatic rings. The molecule has 0 atom stereocenters. The van der Waals surface area contributed by atoms with Gasteiger partial charge in [-0.1, -0.05) is 30.9 Å². The van der Waals surface area contributed by atoms with Crippen molar-refractivity contribution in [3.8, 4) is 11.3 Å². The smallest absolute Gasteiger partial charge is 0.269 e. The minimum atomic E-state index is -0.403. The normalized spacial score (nSPS) is 14.1. The number of hydrogen-bond acceptors (Lipinski definition) is 7. The van der Waals surface area contributed by atoms with Crippen LogP contribution in [0.3, 0.4) is 0 Å². The summed E-state index contributed by atoms with van der Waals surface area (Å²) < 4.78 is 7.31. The first-order valence-corrected chi connectivity index (χ1v) is 11.8. The van der Waals surface area contributed by atoms with Gasteiger partial charge >= 0.3 is 0 Å². The van der Waals surface area contributed by atoms with Crippen LogP contribution < -0.4 is 15.1 Å². The number of aromatic nitrogens is 1. The number of benzene rings is 2. The van der Waals surface area contributed by atoms with Crippen LogP contribution in [0.1, 0.15) is 12.5 Å². The highest BCUT2D eigenvalue weighted by Crippen LogP contribution is 2.24. The molecule has 4 rings (SSSR count). The van der Waals surface area contributed by atoms with Gasteiger partial charge in [-0.25, -0.2) is 4.68 Å². The third-order valence-electron chi connectivity index (χ3n) is 5.41. The SMILES string of the molecule is C=C(C)CN=c1scc(-c2ccc([N+](=O)[O-])cc2)n1NC(=C)c1ccc(N2CCOCC2)cc1. The van der Waals surface area contributed by atoms with E-state index in [9.17, 15) is 10.1 Å². The van der Waals surface area contributed by atoms with E-state index in [0.717, 1.165) is 59.2 Å². The molecule has 0 saturated carbocycles. The number of non-ortho nitro benzene ring substituents is 1. The molecule has 1 fully saturated rings. The van der Waals surface area contributed by atoms with E-state index in [4.69, 9.17) is 4.74 Å². The Bertz CT molecular complexity index is 1250. The molecule has 9 heteroatoms. The number of nitro groups is 1. The predicted octanol–water partition coefficient (Wildman–Crippen LogP) is 4.65. The summed E-state index contributed by atoms with van der Waals surface area (Å²) in [6.45, 7) is 13.9. The van der Waals surface area contributed by atoms with Gasteiger partial charge in [0.1, 0.15) is 0 Å². The van der Waals surface area contributed by atoms with Crippen molar-refractivity contribution in [2.45, 2.75) is 6.92 Å². The zero-order valence-electron chi connectivity index (χ0n) is 19.1. The monoisotopic (exact) mass is 477 g/mol. The lowest BCUT2D eigenvalue weighted by Crippen LogP contribution is -2.36. The molecule has 34 heavy (non-hydrogen) atoms. The van der Waals surface area contributed by atoms with Crippen molar-refractivity contribution < 1.29 is 9.66 Å². The molecular weight excluding hydrogens is 450 g/mol. The summed E-state index contributed by atoms with van der Waals surface area (Å²) in [5.41, 5.74) is 8.88. The molecule has 8 nitrogen and oxygen atoms in total. The molecule has 176 valence electrons. The summed E-state index contributed by atoms with van der Waals surface area (Å²) in [5, 5.41) is 13.0. The first-order valence-electron chi connectivity index (χ1n) is 10.9. The van der Waals surface area contributed by atoms with Gasteiger partial charge in [0.05, 0.1) is 36.1 Å². The maximum absolute atomic E-state index is 11.0. The molecule has 0 unspecified atom stereocenters. The zero-order valence-corrected chi connectivity index (χ0v) is 19.9. The molecule has 0 aliphatic carbocycles.